The van der Waals surface area contributed by atoms with Gasteiger partial charge in [-0.3, -0.25) is 0 Å². The molecular formula is C11H13NO2. The van der Waals surface area contributed by atoms with Gasteiger partial charge in [-0.25, -0.2) is 4.79 Å². The predicted octanol–water partition coefficient (Wildman–Crippen LogP) is 1.51. The average molecular weight is 191 g/mol. The number of rotatable bonds is 2. The predicted molar refractivity (Wildman–Crippen MR) is 53.1 cm³/mol. The van der Waals surface area contributed by atoms with Crippen molar-refractivity contribution in [3.05, 3.63) is 35.4 Å². The highest BCUT2D eigenvalue weighted by Gasteiger charge is 2.18. The Hall–Kier alpha value is -1.35. The molecule has 1 heterocycles. The third-order valence-corrected chi connectivity index (χ3v) is 2.56. The Morgan fingerprint density at radius 3 is 2.50 bits per heavy atom. The van der Waals surface area contributed by atoms with Crippen molar-refractivity contribution in [2.75, 3.05) is 13.7 Å². The van der Waals surface area contributed by atoms with E-state index in [0.29, 0.717) is 11.6 Å². The molecule has 0 amide bonds. The zero-order chi connectivity index (χ0) is 9.97. The molecule has 74 valence electrons. The van der Waals surface area contributed by atoms with Gasteiger partial charge in [0.15, 0.2) is 0 Å². The van der Waals surface area contributed by atoms with Gasteiger partial charge in [-0.05, 0) is 30.7 Å². The van der Waals surface area contributed by atoms with E-state index >= 15 is 0 Å². The molecule has 1 aromatic rings. The maximum absolute atomic E-state index is 11.1. The summed E-state index contributed by atoms with van der Waals surface area (Å²) in [6, 6.07) is 8.04. The first-order chi connectivity index (χ1) is 6.81. The Labute approximate surface area is 83.1 Å². The first-order valence-corrected chi connectivity index (χ1v) is 4.73. The number of hydrogen-bond acceptors (Lipinski definition) is 3. The first-order valence-electron chi connectivity index (χ1n) is 4.73. The molecule has 1 atom stereocenters. The highest BCUT2D eigenvalue weighted by atomic mass is 16.5. The van der Waals surface area contributed by atoms with Gasteiger partial charge in [0.25, 0.3) is 0 Å². The van der Waals surface area contributed by atoms with Crippen LogP contribution in [0.15, 0.2) is 24.3 Å². The van der Waals surface area contributed by atoms with Gasteiger partial charge in [0.1, 0.15) is 0 Å². The van der Waals surface area contributed by atoms with Crippen LogP contribution in [0.1, 0.15) is 28.4 Å². The number of ether oxygens (including phenoxy) is 1. The smallest absolute Gasteiger partial charge is 0.337 e. The summed E-state index contributed by atoms with van der Waals surface area (Å²) in [5, 5.41) is 3.31. The van der Waals surface area contributed by atoms with Gasteiger partial charge in [0, 0.05) is 6.04 Å². The standard InChI is InChI=1S/C11H13NO2/c1-14-11(13)9-4-2-8(3-5-9)10-6-7-12-10/h2-5,10,12H,6-7H2,1H3/t10-/m0/s1. The van der Waals surface area contributed by atoms with E-state index in [1.807, 2.05) is 12.1 Å². The summed E-state index contributed by atoms with van der Waals surface area (Å²) in [7, 11) is 1.39. The zero-order valence-corrected chi connectivity index (χ0v) is 8.12. The Bertz CT molecular complexity index is 328. The van der Waals surface area contributed by atoms with Crippen LogP contribution < -0.4 is 5.32 Å². The van der Waals surface area contributed by atoms with Crippen molar-refractivity contribution in [2.45, 2.75) is 12.5 Å². The van der Waals surface area contributed by atoms with Gasteiger partial charge in [-0.1, -0.05) is 12.1 Å². The Balaban J connectivity index is 2.13. The summed E-state index contributed by atoms with van der Waals surface area (Å²) in [6.07, 6.45) is 1.18. The molecule has 0 aliphatic carbocycles. The van der Waals surface area contributed by atoms with Crippen molar-refractivity contribution >= 4 is 5.97 Å². The third kappa shape index (κ3) is 1.63. The maximum Gasteiger partial charge on any atom is 0.337 e. The molecule has 1 saturated heterocycles. The molecule has 2 rings (SSSR count). The summed E-state index contributed by atoms with van der Waals surface area (Å²) in [6.45, 7) is 1.09. The number of nitrogens with one attached hydrogen (secondary N) is 1. The van der Waals surface area contributed by atoms with Crippen molar-refractivity contribution in [3.63, 3.8) is 0 Å². The minimum Gasteiger partial charge on any atom is -0.465 e. The van der Waals surface area contributed by atoms with E-state index in [4.69, 9.17) is 0 Å². The summed E-state index contributed by atoms with van der Waals surface area (Å²) in [4.78, 5) is 11.1. The molecule has 3 nitrogen and oxygen atoms in total. The van der Waals surface area contributed by atoms with Crippen molar-refractivity contribution in [1.29, 1.82) is 0 Å². The normalized spacial score (nSPS) is 19.9. The third-order valence-electron chi connectivity index (χ3n) is 2.56. The fourth-order valence-corrected chi connectivity index (χ4v) is 1.54. The Morgan fingerprint density at radius 2 is 2.07 bits per heavy atom. The number of carbonyl (C=O) groups excluding carboxylic acids is 1. The van der Waals surface area contributed by atoms with Crippen LogP contribution in [0.3, 0.4) is 0 Å². The van der Waals surface area contributed by atoms with Crippen LogP contribution in [0.4, 0.5) is 0 Å². The van der Waals surface area contributed by atoms with E-state index in [1.165, 1.54) is 19.1 Å². The van der Waals surface area contributed by atoms with Crippen molar-refractivity contribution in [3.8, 4) is 0 Å². The molecule has 1 N–H and O–H groups in total. The zero-order valence-electron chi connectivity index (χ0n) is 8.12. The molecule has 0 unspecified atom stereocenters. The first kappa shape index (κ1) is 9.21. The maximum atomic E-state index is 11.1. The summed E-state index contributed by atoms with van der Waals surface area (Å²) in [5.41, 5.74) is 1.85. The second-order valence-corrected chi connectivity index (χ2v) is 3.41. The van der Waals surface area contributed by atoms with Gasteiger partial charge in [0.05, 0.1) is 12.7 Å². The molecule has 0 radical (unpaired) electrons. The van der Waals surface area contributed by atoms with Crippen LogP contribution in [-0.2, 0) is 4.74 Å². The molecule has 0 bridgehead atoms. The van der Waals surface area contributed by atoms with Crippen LogP contribution in [0.25, 0.3) is 0 Å². The van der Waals surface area contributed by atoms with E-state index in [0.717, 1.165) is 6.54 Å². The van der Waals surface area contributed by atoms with Crippen LogP contribution >= 0.6 is 0 Å². The fourth-order valence-electron chi connectivity index (χ4n) is 1.54. The van der Waals surface area contributed by atoms with E-state index in [-0.39, 0.29) is 5.97 Å². The fraction of sp³-hybridized carbons (Fsp3) is 0.364. The van der Waals surface area contributed by atoms with Gasteiger partial charge < -0.3 is 10.1 Å². The van der Waals surface area contributed by atoms with Crippen LogP contribution in [0.5, 0.6) is 0 Å². The van der Waals surface area contributed by atoms with Gasteiger partial charge in [-0.2, -0.15) is 0 Å². The summed E-state index contributed by atoms with van der Waals surface area (Å²) >= 11 is 0. The highest BCUT2D eigenvalue weighted by molar-refractivity contribution is 5.89. The lowest BCUT2D eigenvalue weighted by atomic mass is 9.97. The SMILES string of the molecule is COC(=O)c1ccc([C@@H]2CCN2)cc1. The molecule has 3 heteroatoms. The van der Waals surface area contributed by atoms with Crippen molar-refractivity contribution in [1.82, 2.24) is 5.32 Å². The van der Waals surface area contributed by atoms with E-state index in [1.54, 1.807) is 12.1 Å². The molecule has 1 aliphatic rings. The number of methoxy groups -OCH3 is 1. The summed E-state index contributed by atoms with van der Waals surface area (Å²) < 4.78 is 4.62. The molecule has 0 saturated carbocycles. The lowest BCUT2D eigenvalue weighted by Crippen LogP contribution is -2.34. The van der Waals surface area contributed by atoms with Crippen LogP contribution in [0, 0.1) is 0 Å². The lowest BCUT2D eigenvalue weighted by molar-refractivity contribution is 0.0600. The molecule has 1 aromatic carbocycles. The molecule has 0 aromatic heterocycles. The van der Waals surface area contributed by atoms with E-state index < -0.39 is 0 Å². The summed E-state index contributed by atoms with van der Waals surface area (Å²) in [5.74, 6) is -0.280. The van der Waals surface area contributed by atoms with Crippen molar-refractivity contribution < 1.29 is 9.53 Å². The van der Waals surface area contributed by atoms with Crippen LogP contribution in [-0.4, -0.2) is 19.6 Å². The second-order valence-electron chi connectivity index (χ2n) is 3.41. The van der Waals surface area contributed by atoms with Crippen molar-refractivity contribution in [2.24, 2.45) is 0 Å². The molecule has 14 heavy (non-hydrogen) atoms. The highest BCUT2D eigenvalue weighted by Crippen LogP contribution is 2.22. The quantitative estimate of drug-likeness (QED) is 0.720. The number of carbonyl (C=O) groups is 1. The van der Waals surface area contributed by atoms with Crippen LogP contribution in [0.2, 0.25) is 0 Å². The Kier molecular flexibility index (Phi) is 2.50. The average Bonchev–Trinajstić information content (AvgIpc) is 2.15. The number of benzene rings is 1. The Morgan fingerprint density at radius 1 is 1.43 bits per heavy atom. The number of hydrogen-bond donors (Lipinski definition) is 1. The minimum atomic E-state index is -0.280. The monoisotopic (exact) mass is 191 g/mol. The largest absolute Gasteiger partial charge is 0.465 e. The van der Waals surface area contributed by atoms with Gasteiger partial charge in [0.2, 0.25) is 0 Å². The topological polar surface area (TPSA) is 38.3 Å². The molecule has 1 fully saturated rings. The van der Waals surface area contributed by atoms with Gasteiger partial charge in [-0.15, -0.1) is 0 Å². The van der Waals surface area contributed by atoms with E-state index in [2.05, 4.69) is 10.1 Å². The number of esters is 1. The van der Waals surface area contributed by atoms with Gasteiger partial charge >= 0.3 is 5.97 Å². The molecular weight excluding hydrogens is 178 g/mol. The lowest BCUT2D eigenvalue weighted by Gasteiger charge is -2.27. The minimum absolute atomic E-state index is 0.280. The second kappa shape index (κ2) is 3.80. The molecule has 0 spiro atoms. The van der Waals surface area contributed by atoms with E-state index in [9.17, 15) is 4.79 Å². The molecule has 1 aliphatic heterocycles.